The molecule has 0 radical (unpaired) electrons. The van der Waals surface area contributed by atoms with E-state index in [9.17, 15) is 4.79 Å². The van der Waals surface area contributed by atoms with Gasteiger partial charge in [0.1, 0.15) is 0 Å². The summed E-state index contributed by atoms with van der Waals surface area (Å²) in [7, 11) is 1.38. The van der Waals surface area contributed by atoms with E-state index < -0.39 is 0 Å². The van der Waals surface area contributed by atoms with E-state index in [0.29, 0.717) is 11.5 Å². The van der Waals surface area contributed by atoms with Gasteiger partial charge < -0.3 is 4.74 Å². The molecule has 0 amide bonds. The van der Waals surface area contributed by atoms with Gasteiger partial charge in [0.25, 0.3) is 0 Å². The molecule has 0 saturated carbocycles. The quantitative estimate of drug-likeness (QED) is 0.585. The van der Waals surface area contributed by atoms with E-state index in [2.05, 4.69) is 23.6 Å². The number of methoxy groups -OCH3 is 1. The second kappa shape index (κ2) is 6.53. The lowest BCUT2D eigenvalue weighted by atomic mass is 10.2. The zero-order valence-corrected chi connectivity index (χ0v) is 10.7. The van der Waals surface area contributed by atoms with Crippen LogP contribution in [-0.4, -0.2) is 23.8 Å². The second-order valence-corrected chi connectivity index (χ2v) is 4.74. The van der Waals surface area contributed by atoms with Gasteiger partial charge in [0.2, 0.25) is 0 Å². The molecule has 0 fully saturated rings. The van der Waals surface area contributed by atoms with Gasteiger partial charge in [0, 0.05) is 11.9 Å². The molecule has 0 aliphatic carbocycles. The van der Waals surface area contributed by atoms with E-state index in [1.54, 1.807) is 30.1 Å². The van der Waals surface area contributed by atoms with Crippen molar-refractivity contribution in [2.24, 2.45) is 5.92 Å². The molecular formula is C12H17NO2S. The molecule has 0 saturated heterocycles. The SMILES string of the molecule is CCC(C)CSc1cc(C(=O)OC)ccn1. The maximum absolute atomic E-state index is 11.3. The molecule has 1 aromatic rings. The Hall–Kier alpha value is -1.03. The standard InChI is InChI=1S/C12H17NO2S/c1-4-9(2)8-16-11-7-10(5-6-13-11)12(14)15-3/h5-7,9H,4,8H2,1-3H3. The second-order valence-electron chi connectivity index (χ2n) is 3.70. The first-order valence-corrected chi connectivity index (χ1v) is 6.33. The topological polar surface area (TPSA) is 39.2 Å². The molecule has 1 atom stereocenters. The summed E-state index contributed by atoms with van der Waals surface area (Å²) in [5.41, 5.74) is 0.559. The molecule has 0 bridgehead atoms. The van der Waals surface area contributed by atoms with E-state index in [0.717, 1.165) is 17.2 Å². The van der Waals surface area contributed by atoms with Crippen molar-refractivity contribution in [3.05, 3.63) is 23.9 Å². The van der Waals surface area contributed by atoms with Crippen molar-refractivity contribution < 1.29 is 9.53 Å². The Morgan fingerprint density at radius 2 is 2.38 bits per heavy atom. The zero-order valence-electron chi connectivity index (χ0n) is 9.90. The van der Waals surface area contributed by atoms with Crippen LogP contribution in [0.15, 0.2) is 23.4 Å². The van der Waals surface area contributed by atoms with Crippen LogP contribution in [0.3, 0.4) is 0 Å². The third-order valence-electron chi connectivity index (χ3n) is 2.37. The van der Waals surface area contributed by atoms with Crippen molar-refractivity contribution >= 4 is 17.7 Å². The zero-order chi connectivity index (χ0) is 12.0. The number of nitrogens with zero attached hydrogens (tertiary/aromatic N) is 1. The smallest absolute Gasteiger partial charge is 0.337 e. The van der Waals surface area contributed by atoms with E-state index in [1.807, 2.05) is 0 Å². The minimum Gasteiger partial charge on any atom is -0.465 e. The van der Waals surface area contributed by atoms with Crippen LogP contribution in [0.2, 0.25) is 0 Å². The molecule has 1 rings (SSSR count). The number of hydrogen-bond donors (Lipinski definition) is 0. The Balaban J connectivity index is 2.64. The maximum Gasteiger partial charge on any atom is 0.337 e. The van der Waals surface area contributed by atoms with Gasteiger partial charge in [-0.1, -0.05) is 20.3 Å². The summed E-state index contributed by atoms with van der Waals surface area (Å²) in [6.07, 6.45) is 2.80. The van der Waals surface area contributed by atoms with E-state index >= 15 is 0 Å². The van der Waals surface area contributed by atoms with Crippen molar-refractivity contribution in [1.29, 1.82) is 0 Å². The molecule has 3 nitrogen and oxygen atoms in total. The first-order chi connectivity index (χ1) is 7.67. The predicted octanol–water partition coefficient (Wildman–Crippen LogP) is 3.01. The highest BCUT2D eigenvalue weighted by molar-refractivity contribution is 7.99. The molecule has 0 N–H and O–H groups in total. The summed E-state index contributed by atoms with van der Waals surface area (Å²) >= 11 is 1.68. The molecule has 1 aromatic heterocycles. The van der Waals surface area contributed by atoms with Crippen molar-refractivity contribution in [3.8, 4) is 0 Å². The Kier molecular flexibility index (Phi) is 5.32. The summed E-state index contributed by atoms with van der Waals surface area (Å²) in [4.78, 5) is 15.5. The summed E-state index contributed by atoms with van der Waals surface area (Å²) in [5.74, 6) is 1.37. The van der Waals surface area contributed by atoms with Gasteiger partial charge in [-0.15, -0.1) is 11.8 Å². The van der Waals surface area contributed by atoms with Crippen LogP contribution >= 0.6 is 11.8 Å². The summed E-state index contributed by atoms with van der Waals surface area (Å²) in [6, 6.07) is 3.44. The first kappa shape index (κ1) is 13.0. The monoisotopic (exact) mass is 239 g/mol. The number of carbonyl (C=O) groups is 1. The van der Waals surface area contributed by atoms with Gasteiger partial charge >= 0.3 is 5.97 Å². The van der Waals surface area contributed by atoms with E-state index in [4.69, 9.17) is 0 Å². The Bertz CT molecular complexity index is 355. The Morgan fingerprint density at radius 3 is 3.00 bits per heavy atom. The number of aromatic nitrogens is 1. The Labute approximate surface area is 101 Å². The van der Waals surface area contributed by atoms with Crippen LogP contribution in [0.1, 0.15) is 30.6 Å². The molecule has 1 heterocycles. The number of esters is 1. The van der Waals surface area contributed by atoms with E-state index in [1.165, 1.54) is 7.11 Å². The normalized spacial score (nSPS) is 12.2. The highest BCUT2D eigenvalue weighted by atomic mass is 32.2. The molecule has 0 aliphatic heterocycles. The number of pyridine rings is 1. The molecule has 16 heavy (non-hydrogen) atoms. The summed E-state index contributed by atoms with van der Waals surface area (Å²) < 4.78 is 4.66. The van der Waals surface area contributed by atoms with Gasteiger partial charge in [-0.05, 0) is 18.1 Å². The molecule has 0 aliphatic rings. The molecule has 0 spiro atoms. The van der Waals surface area contributed by atoms with Crippen molar-refractivity contribution in [2.75, 3.05) is 12.9 Å². The van der Waals surface area contributed by atoms with Gasteiger partial charge in [0.05, 0.1) is 17.7 Å². The third kappa shape index (κ3) is 3.85. The van der Waals surface area contributed by atoms with Crippen LogP contribution < -0.4 is 0 Å². The summed E-state index contributed by atoms with van der Waals surface area (Å²) in [5, 5.41) is 0.878. The van der Waals surface area contributed by atoms with Gasteiger partial charge in [0.15, 0.2) is 0 Å². The molecule has 4 heteroatoms. The predicted molar refractivity (Wildman–Crippen MR) is 65.8 cm³/mol. The van der Waals surface area contributed by atoms with Crippen LogP contribution in [-0.2, 0) is 4.74 Å². The van der Waals surface area contributed by atoms with Crippen molar-refractivity contribution in [3.63, 3.8) is 0 Å². The van der Waals surface area contributed by atoms with Gasteiger partial charge in [-0.3, -0.25) is 0 Å². The number of carbonyl (C=O) groups excluding carboxylic acids is 1. The minimum absolute atomic E-state index is 0.312. The van der Waals surface area contributed by atoms with Crippen molar-refractivity contribution in [1.82, 2.24) is 4.98 Å². The number of rotatable bonds is 5. The largest absolute Gasteiger partial charge is 0.465 e. The molecule has 88 valence electrons. The molecule has 1 unspecified atom stereocenters. The number of ether oxygens (including phenoxy) is 1. The number of thioether (sulfide) groups is 1. The maximum atomic E-state index is 11.3. The fourth-order valence-corrected chi connectivity index (χ4v) is 2.12. The van der Waals surface area contributed by atoms with Crippen LogP contribution in [0.25, 0.3) is 0 Å². The number of hydrogen-bond acceptors (Lipinski definition) is 4. The highest BCUT2D eigenvalue weighted by Gasteiger charge is 2.07. The lowest BCUT2D eigenvalue weighted by molar-refractivity contribution is 0.0600. The Morgan fingerprint density at radius 1 is 1.62 bits per heavy atom. The van der Waals surface area contributed by atoms with E-state index in [-0.39, 0.29) is 5.97 Å². The average Bonchev–Trinajstić information content (AvgIpc) is 2.35. The highest BCUT2D eigenvalue weighted by Crippen LogP contribution is 2.20. The van der Waals surface area contributed by atoms with Crippen LogP contribution in [0.4, 0.5) is 0 Å². The fraction of sp³-hybridized carbons (Fsp3) is 0.500. The molecule has 0 aromatic carbocycles. The average molecular weight is 239 g/mol. The van der Waals surface area contributed by atoms with Crippen molar-refractivity contribution in [2.45, 2.75) is 25.3 Å². The minimum atomic E-state index is -0.312. The van der Waals surface area contributed by atoms with Gasteiger partial charge in [-0.2, -0.15) is 0 Å². The lowest BCUT2D eigenvalue weighted by Crippen LogP contribution is -2.02. The van der Waals surface area contributed by atoms with Gasteiger partial charge in [-0.25, -0.2) is 9.78 Å². The van der Waals surface area contributed by atoms with Crippen LogP contribution in [0, 0.1) is 5.92 Å². The lowest BCUT2D eigenvalue weighted by Gasteiger charge is -2.07. The molecular weight excluding hydrogens is 222 g/mol. The first-order valence-electron chi connectivity index (χ1n) is 5.34. The fourth-order valence-electron chi connectivity index (χ4n) is 1.08. The summed E-state index contributed by atoms with van der Waals surface area (Å²) in [6.45, 7) is 4.38. The van der Waals surface area contributed by atoms with Crippen LogP contribution in [0.5, 0.6) is 0 Å². The third-order valence-corrected chi connectivity index (χ3v) is 3.62.